The first-order chi connectivity index (χ1) is 14.0. The molecule has 29 heavy (non-hydrogen) atoms. The number of fused-ring (bicyclic) bond motifs is 1. The van der Waals surface area contributed by atoms with Gasteiger partial charge < -0.3 is 4.90 Å². The van der Waals surface area contributed by atoms with Gasteiger partial charge in [0.1, 0.15) is 5.52 Å². The summed E-state index contributed by atoms with van der Waals surface area (Å²) >= 11 is 0. The lowest BCUT2D eigenvalue weighted by atomic mass is 9.97. The number of pyridine rings is 1. The Morgan fingerprint density at radius 2 is 2.07 bits per heavy atom. The van der Waals surface area contributed by atoms with Crippen LogP contribution in [0, 0.1) is 23.2 Å². The van der Waals surface area contributed by atoms with Gasteiger partial charge in [0.25, 0.3) is 0 Å². The van der Waals surface area contributed by atoms with Crippen molar-refractivity contribution in [2.45, 2.75) is 33.2 Å². The third-order valence-corrected chi connectivity index (χ3v) is 5.89. The van der Waals surface area contributed by atoms with E-state index in [1.54, 1.807) is 28.4 Å². The second-order valence-corrected chi connectivity index (χ2v) is 8.43. The number of anilines is 1. The van der Waals surface area contributed by atoms with E-state index in [0.29, 0.717) is 29.6 Å². The van der Waals surface area contributed by atoms with E-state index in [1.165, 1.54) is 12.8 Å². The normalized spacial score (nSPS) is 16.7. The van der Waals surface area contributed by atoms with Crippen LogP contribution in [0.1, 0.15) is 37.8 Å². The van der Waals surface area contributed by atoms with Crippen LogP contribution in [-0.4, -0.2) is 27.2 Å². The molecule has 0 bridgehead atoms. The molecule has 6 heteroatoms. The molecule has 0 aliphatic carbocycles. The Balaban J connectivity index is 1.79. The Hall–Kier alpha value is -3.07. The first kappa shape index (κ1) is 19.3. The minimum Gasteiger partial charge on any atom is -0.369 e. The maximum Gasteiger partial charge on any atom is 0.330 e. The van der Waals surface area contributed by atoms with Crippen LogP contribution in [0.15, 0.2) is 41.3 Å². The van der Waals surface area contributed by atoms with Crippen molar-refractivity contribution in [1.29, 1.82) is 5.26 Å². The van der Waals surface area contributed by atoms with Crippen LogP contribution in [0.2, 0.25) is 0 Å². The van der Waals surface area contributed by atoms with E-state index in [2.05, 4.69) is 29.8 Å². The van der Waals surface area contributed by atoms with E-state index in [1.807, 2.05) is 24.3 Å². The molecule has 1 aliphatic heterocycles. The van der Waals surface area contributed by atoms with E-state index < -0.39 is 0 Å². The van der Waals surface area contributed by atoms with Crippen molar-refractivity contribution in [3.8, 4) is 6.07 Å². The maximum absolute atomic E-state index is 13.1. The van der Waals surface area contributed by atoms with Crippen molar-refractivity contribution in [1.82, 2.24) is 14.1 Å². The largest absolute Gasteiger partial charge is 0.369 e. The monoisotopic (exact) mass is 389 g/mol. The summed E-state index contributed by atoms with van der Waals surface area (Å²) in [5.41, 5.74) is 3.95. The first-order valence-corrected chi connectivity index (χ1v) is 10.3. The molecule has 2 aromatic heterocycles. The lowest BCUT2D eigenvalue weighted by molar-refractivity contribution is 0.441. The molecule has 3 aromatic rings. The lowest BCUT2D eigenvalue weighted by Gasteiger charge is -2.21. The lowest BCUT2D eigenvalue weighted by Crippen LogP contribution is -2.24. The molecule has 1 atom stereocenters. The van der Waals surface area contributed by atoms with Crippen molar-refractivity contribution in [2.24, 2.45) is 18.9 Å². The minimum atomic E-state index is -0.106. The topological polar surface area (TPSA) is 66.8 Å². The van der Waals surface area contributed by atoms with Gasteiger partial charge in [-0.15, -0.1) is 0 Å². The number of benzene rings is 1. The Kier molecular flexibility index (Phi) is 5.14. The highest BCUT2D eigenvalue weighted by atomic mass is 16.1. The van der Waals surface area contributed by atoms with Gasteiger partial charge in [-0.25, -0.2) is 9.78 Å². The summed E-state index contributed by atoms with van der Waals surface area (Å²) in [7, 11) is 1.76. The Labute approximate surface area is 171 Å². The van der Waals surface area contributed by atoms with Crippen molar-refractivity contribution in [3.05, 3.63) is 58.1 Å². The van der Waals surface area contributed by atoms with Gasteiger partial charge >= 0.3 is 5.69 Å². The molecule has 1 saturated heterocycles. The summed E-state index contributed by atoms with van der Waals surface area (Å²) in [4.78, 5) is 19.9. The number of rotatable bonds is 5. The number of imidazole rings is 1. The molecular weight excluding hydrogens is 362 g/mol. The van der Waals surface area contributed by atoms with Crippen LogP contribution in [-0.2, 0) is 13.6 Å². The van der Waals surface area contributed by atoms with Crippen molar-refractivity contribution in [2.75, 3.05) is 18.0 Å². The van der Waals surface area contributed by atoms with Crippen LogP contribution in [0.4, 0.5) is 5.69 Å². The van der Waals surface area contributed by atoms with Crippen molar-refractivity contribution >= 4 is 16.9 Å². The smallest absolute Gasteiger partial charge is 0.330 e. The summed E-state index contributed by atoms with van der Waals surface area (Å²) in [6, 6.07) is 11.7. The molecule has 150 valence electrons. The van der Waals surface area contributed by atoms with Gasteiger partial charge in [0, 0.05) is 26.3 Å². The van der Waals surface area contributed by atoms with Crippen LogP contribution in [0.5, 0.6) is 0 Å². The van der Waals surface area contributed by atoms with Crippen molar-refractivity contribution in [3.63, 3.8) is 0 Å². The first-order valence-electron chi connectivity index (χ1n) is 10.3. The van der Waals surface area contributed by atoms with E-state index in [9.17, 15) is 10.1 Å². The van der Waals surface area contributed by atoms with Crippen LogP contribution < -0.4 is 10.6 Å². The zero-order valence-corrected chi connectivity index (χ0v) is 17.3. The second-order valence-electron chi connectivity index (χ2n) is 8.43. The maximum atomic E-state index is 13.1. The number of nitrogens with zero attached hydrogens (tertiary/aromatic N) is 5. The predicted octanol–water partition coefficient (Wildman–Crippen LogP) is 3.53. The zero-order chi connectivity index (χ0) is 20.5. The van der Waals surface area contributed by atoms with Crippen molar-refractivity contribution < 1.29 is 0 Å². The number of hydrogen-bond donors (Lipinski definition) is 0. The van der Waals surface area contributed by atoms with E-state index in [-0.39, 0.29) is 5.69 Å². The van der Waals surface area contributed by atoms with Crippen LogP contribution in [0.3, 0.4) is 0 Å². The third-order valence-electron chi connectivity index (χ3n) is 5.89. The fourth-order valence-corrected chi connectivity index (χ4v) is 4.55. The molecule has 1 fully saturated rings. The third kappa shape index (κ3) is 3.53. The minimum absolute atomic E-state index is 0.106. The van der Waals surface area contributed by atoms with E-state index >= 15 is 0 Å². The van der Waals surface area contributed by atoms with Gasteiger partial charge in [0.2, 0.25) is 0 Å². The predicted molar refractivity (Wildman–Crippen MR) is 115 cm³/mol. The molecule has 0 radical (unpaired) electrons. The average molecular weight is 390 g/mol. The molecular formula is C23H27N5O. The molecule has 0 N–H and O–H groups in total. The fourth-order valence-electron chi connectivity index (χ4n) is 4.55. The summed E-state index contributed by atoms with van der Waals surface area (Å²) in [6.45, 7) is 6.91. The van der Waals surface area contributed by atoms with Gasteiger partial charge in [0.15, 0.2) is 5.65 Å². The van der Waals surface area contributed by atoms with E-state index in [4.69, 9.17) is 0 Å². The summed E-state index contributed by atoms with van der Waals surface area (Å²) < 4.78 is 3.37. The Morgan fingerprint density at radius 3 is 2.83 bits per heavy atom. The molecule has 6 nitrogen and oxygen atoms in total. The summed E-state index contributed by atoms with van der Waals surface area (Å²) in [5.74, 6) is 1.37. The number of aryl methyl sites for hydroxylation is 1. The summed E-state index contributed by atoms with van der Waals surface area (Å²) in [5, 5.41) is 9.45. The quantitative estimate of drug-likeness (QED) is 0.670. The highest BCUT2D eigenvalue weighted by molar-refractivity contribution is 5.87. The van der Waals surface area contributed by atoms with Gasteiger partial charge in [-0.3, -0.25) is 9.13 Å². The molecule has 0 saturated carbocycles. The van der Waals surface area contributed by atoms with Crippen LogP contribution in [0.25, 0.3) is 11.2 Å². The highest BCUT2D eigenvalue weighted by Crippen LogP contribution is 2.32. The molecule has 0 spiro atoms. The van der Waals surface area contributed by atoms with Gasteiger partial charge in [-0.1, -0.05) is 32.0 Å². The highest BCUT2D eigenvalue weighted by Gasteiger charge is 2.27. The number of hydrogen-bond acceptors (Lipinski definition) is 4. The molecule has 4 rings (SSSR count). The SMILES string of the molecule is CC(C)CC1CCN(c2ccnc3c2n(Cc2ccccc2C#N)c(=O)n3C)C1. The van der Waals surface area contributed by atoms with Gasteiger partial charge in [-0.05, 0) is 42.4 Å². The fraction of sp³-hybridized carbons (Fsp3) is 0.435. The molecule has 1 aliphatic rings. The average Bonchev–Trinajstić information content (AvgIpc) is 3.26. The zero-order valence-electron chi connectivity index (χ0n) is 17.3. The van der Waals surface area contributed by atoms with Gasteiger partial charge in [-0.2, -0.15) is 5.26 Å². The molecule has 3 heterocycles. The second kappa shape index (κ2) is 7.75. The number of nitriles is 1. The Morgan fingerprint density at radius 1 is 1.28 bits per heavy atom. The molecule has 1 aromatic carbocycles. The standard InChI is InChI=1S/C23H27N5O/c1-16(2)12-17-9-11-27(14-17)20-8-10-25-22-21(20)28(23(29)26(22)3)15-19-7-5-4-6-18(19)13-24/h4-8,10,16-17H,9,11-12,14-15H2,1-3H3. The molecule has 1 unspecified atom stereocenters. The van der Waals surface area contributed by atoms with Gasteiger partial charge in [0.05, 0.1) is 23.9 Å². The Bertz CT molecular complexity index is 1130. The number of aromatic nitrogens is 3. The van der Waals surface area contributed by atoms with Crippen LogP contribution >= 0.6 is 0 Å². The molecule has 0 amide bonds. The van der Waals surface area contributed by atoms with E-state index in [0.717, 1.165) is 29.9 Å². The summed E-state index contributed by atoms with van der Waals surface area (Å²) in [6.07, 6.45) is 4.19.